The number of hydrogen-bond donors (Lipinski definition) is 1. The lowest BCUT2D eigenvalue weighted by Crippen LogP contribution is -2.47. The Morgan fingerprint density at radius 1 is 1.13 bits per heavy atom. The third kappa shape index (κ3) is 7.48. The van der Waals surface area contributed by atoms with Gasteiger partial charge in [0.15, 0.2) is 0 Å². The Kier molecular flexibility index (Phi) is 8.68. The van der Waals surface area contributed by atoms with Gasteiger partial charge in [-0.15, -0.1) is 17.9 Å². The van der Waals surface area contributed by atoms with E-state index in [9.17, 15) is 22.5 Å². The molecule has 38 heavy (non-hydrogen) atoms. The lowest BCUT2D eigenvalue weighted by atomic mass is 9.85. The number of hydrogen-bond acceptors (Lipinski definition) is 6. The van der Waals surface area contributed by atoms with Crippen molar-refractivity contribution in [2.75, 3.05) is 13.1 Å². The zero-order valence-corrected chi connectivity index (χ0v) is 22.4. The molecule has 2 aliphatic rings. The van der Waals surface area contributed by atoms with Crippen molar-refractivity contribution in [2.24, 2.45) is 5.92 Å². The summed E-state index contributed by atoms with van der Waals surface area (Å²) in [6, 6.07) is 13.1. The standard InChI is InChI=1S/C27H33F3N2O5S/c1-26(2,3)38(34)31-22-16-23(36-24-15-20(9-10-21(22)24)37-27(28,29)30)19-11-13-32(14-12-19)25(33)35-17-18-7-5-4-6-8-18/h4-10,15,19,22-23,31H,11-14,16-17H2,1-3H3/t22-,23-,38-/m0/s1. The van der Waals surface area contributed by atoms with Crippen molar-refractivity contribution in [2.45, 2.75) is 69.9 Å². The third-order valence-corrected chi connectivity index (χ3v) is 8.29. The number of halogens is 3. The summed E-state index contributed by atoms with van der Waals surface area (Å²) in [7, 11) is 0. The number of piperidine rings is 1. The molecule has 2 aromatic carbocycles. The molecule has 2 heterocycles. The maximum absolute atomic E-state index is 12.9. The average molecular weight is 555 g/mol. The van der Waals surface area contributed by atoms with Crippen molar-refractivity contribution in [3.05, 3.63) is 59.7 Å². The quantitative estimate of drug-likeness (QED) is 0.449. The molecule has 0 radical (unpaired) electrons. The Bertz CT molecular complexity index is 1090. The van der Waals surface area contributed by atoms with Gasteiger partial charge in [-0.2, -0.15) is 0 Å². The number of nitrogens with zero attached hydrogens (tertiary/aromatic N) is 1. The van der Waals surface area contributed by atoms with Crippen LogP contribution in [-0.2, 0) is 22.7 Å². The Hall–Kier alpha value is -2.63. The summed E-state index contributed by atoms with van der Waals surface area (Å²) in [6.07, 6.45) is -3.74. The van der Waals surface area contributed by atoms with Gasteiger partial charge in [0.1, 0.15) is 29.0 Å². The first-order valence-electron chi connectivity index (χ1n) is 12.6. The van der Waals surface area contributed by atoms with Gasteiger partial charge in [0.2, 0.25) is 0 Å². The van der Waals surface area contributed by atoms with E-state index in [0.717, 1.165) is 5.56 Å². The fourth-order valence-corrected chi connectivity index (χ4v) is 5.48. The van der Waals surface area contributed by atoms with Crippen LogP contribution in [0.1, 0.15) is 57.2 Å². The number of carbonyl (C=O) groups is 1. The molecule has 4 rings (SSSR count). The van der Waals surface area contributed by atoms with Crippen molar-refractivity contribution in [1.82, 2.24) is 9.62 Å². The summed E-state index contributed by atoms with van der Waals surface area (Å²) in [6.45, 7) is 6.70. The number of benzene rings is 2. The van der Waals surface area contributed by atoms with Gasteiger partial charge in [-0.05, 0) is 57.2 Å². The number of amides is 1. The van der Waals surface area contributed by atoms with Crippen LogP contribution in [0.2, 0.25) is 0 Å². The summed E-state index contributed by atoms with van der Waals surface area (Å²) in [5.41, 5.74) is 1.54. The maximum Gasteiger partial charge on any atom is 0.573 e. The monoisotopic (exact) mass is 554 g/mol. The van der Waals surface area contributed by atoms with Crippen LogP contribution in [0.25, 0.3) is 0 Å². The second kappa shape index (κ2) is 11.6. The van der Waals surface area contributed by atoms with Gasteiger partial charge in [0.05, 0.1) is 6.04 Å². The molecule has 1 amide bonds. The van der Waals surface area contributed by atoms with E-state index in [0.29, 0.717) is 37.9 Å². The van der Waals surface area contributed by atoms with E-state index in [4.69, 9.17) is 9.47 Å². The smallest absolute Gasteiger partial charge is 0.573 e. The molecule has 2 aromatic rings. The van der Waals surface area contributed by atoms with E-state index in [1.807, 2.05) is 51.1 Å². The number of fused-ring (bicyclic) bond motifs is 1. The summed E-state index contributed by atoms with van der Waals surface area (Å²) in [5.74, 6) is -0.0411. The normalized spacial score (nSPS) is 21.3. The van der Waals surface area contributed by atoms with Crippen molar-refractivity contribution < 1.29 is 36.7 Å². The van der Waals surface area contributed by atoms with Gasteiger partial charge in [-0.25, -0.2) is 4.79 Å². The Morgan fingerprint density at radius 2 is 1.82 bits per heavy atom. The zero-order valence-electron chi connectivity index (χ0n) is 21.6. The minimum absolute atomic E-state index is 0.0564. The summed E-state index contributed by atoms with van der Waals surface area (Å²) in [5, 5.41) is 0. The summed E-state index contributed by atoms with van der Waals surface area (Å²) in [4.78, 5) is 14.2. The number of likely N-dealkylation sites (tertiary alicyclic amines) is 1. The topological polar surface area (TPSA) is 83.1 Å². The van der Waals surface area contributed by atoms with Crippen LogP contribution in [0.4, 0.5) is 18.0 Å². The molecule has 0 saturated carbocycles. The van der Waals surface area contributed by atoms with E-state index in [1.165, 1.54) is 18.2 Å². The minimum Gasteiger partial charge on any atom is -0.598 e. The zero-order chi connectivity index (χ0) is 27.5. The van der Waals surface area contributed by atoms with Crippen LogP contribution in [0.5, 0.6) is 11.5 Å². The first kappa shape index (κ1) is 28.4. The lowest BCUT2D eigenvalue weighted by molar-refractivity contribution is -0.274. The second-order valence-corrected chi connectivity index (χ2v) is 12.6. The van der Waals surface area contributed by atoms with Crippen LogP contribution in [0.3, 0.4) is 0 Å². The molecular formula is C27H33F3N2O5S. The minimum atomic E-state index is -4.82. The Morgan fingerprint density at radius 3 is 2.45 bits per heavy atom. The van der Waals surface area contributed by atoms with Crippen LogP contribution >= 0.6 is 0 Å². The third-order valence-electron chi connectivity index (χ3n) is 6.67. The number of rotatable bonds is 6. The van der Waals surface area contributed by atoms with Gasteiger partial charge in [-0.3, -0.25) is 0 Å². The molecular weight excluding hydrogens is 521 g/mol. The number of ether oxygens (including phenoxy) is 3. The molecule has 0 aliphatic carbocycles. The van der Waals surface area contributed by atoms with Crippen LogP contribution in [-0.4, -0.2) is 45.8 Å². The van der Waals surface area contributed by atoms with Gasteiger partial charge in [0.25, 0.3) is 0 Å². The molecule has 0 unspecified atom stereocenters. The Labute approximate surface area is 223 Å². The molecule has 1 fully saturated rings. The highest BCUT2D eigenvalue weighted by Crippen LogP contribution is 2.42. The van der Waals surface area contributed by atoms with Crippen LogP contribution in [0, 0.1) is 5.92 Å². The number of alkyl halides is 3. The molecule has 208 valence electrons. The van der Waals surface area contributed by atoms with Crippen LogP contribution < -0.4 is 14.2 Å². The SMILES string of the molecule is CC(C)(C)[S@+]([O-])N[C@H]1C[C@@H](C2CCN(C(=O)OCc3ccccc3)CC2)Oc2cc(OC(F)(F)F)ccc21. The molecule has 1 N–H and O–H groups in total. The lowest BCUT2D eigenvalue weighted by Gasteiger charge is -2.40. The highest BCUT2D eigenvalue weighted by molar-refractivity contribution is 7.90. The Balaban J connectivity index is 1.42. The van der Waals surface area contributed by atoms with E-state index >= 15 is 0 Å². The molecule has 0 bridgehead atoms. The predicted octanol–water partition coefficient (Wildman–Crippen LogP) is 5.88. The first-order chi connectivity index (χ1) is 17.9. The van der Waals surface area contributed by atoms with E-state index in [1.54, 1.807) is 4.90 Å². The summed E-state index contributed by atoms with van der Waals surface area (Å²) >= 11 is -1.40. The van der Waals surface area contributed by atoms with E-state index in [-0.39, 0.29) is 42.3 Å². The first-order valence-corrected chi connectivity index (χ1v) is 13.7. The largest absolute Gasteiger partial charge is 0.598 e. The van der Waals surface area contributed by atoms with Gasteiger partial charge in [0, 0.05) is 42.5 Å². The van der Waals surface area contributed by atoms with Crippen molar-refractivity contribution >= 4 is 17.5 Å². The second-order valence-electron chi connectivity index (χ2n) is 10.6. The van der Waals surface area contributed by atoms with Crippen molar-refractivity contribution in [3.8, 4) is 11.5 Å². The van der Waals surface area contributed by atoms with Gasteiger partial charge < -0.3 is 23.7 Å². The highest BCUT2D eigenvalue weighted by Gasteiger charge is 2.40. The van der Waals surface area contributed by atoms with E-state index < -0.39 is 22.5 Å². The predicted molar refractivity (Wildman–Crippen MR) is 137 cm³/mol. The average Bonchev–Trinajstić information content (AvgIpc) is 2.86. The molecule has 11 heteroatoms. The van der Waals surface area contributed by atoms with Gasteiger partial charge >= 0.3 is 12.5 Å². The molecule has 1 saturated heterocycles. The highest BCUT2D eigenvalue weighted by atomic mass is 32.2. The van der Waals surface area contributed by atoms with Gasteiger partial charge in [-0.1, -0.05) is 30.3 Å². The van der Waals surface area contributed by atoms with Crippen LogP contribution in [0.15, 0.2) is 48.5 Å². The number of carbonyl (C=O) groups excluding carboxylic acids is 1. The van der Waals surface area contributed by atoms with Crippen molar-refractivity contribution in [1.29, 1.82) is 0 Å². The molecule has 0 aromatic heterocycles. The molecule has 7 nitrogen and oxygen atoms in total. The fraction of sp³-hybridized carbons (Fsp3) is 0.519. The van der Waals surface area contributed by atoms with Crippen molar-refractivity contribution in [3.63, 3.8) is 0 Å². The van der Waals surface area contributed by atoms with E-state index in [2.05, 4.69) is 9.46 Å². The molecule has 0 spiro atoms. The summed E-state index contributed by atoms with van der Waals surface area (Å²) < 4.78 is 69.7. The molecule has 3 atom stereocenters. The number of nitrogens with one attached hydrogen (secondary N) is 1. The molecule has 2 aliphatic heterocycles. The fourth-order valence-electron chi connectivity index (χ4n) is 4.64. The maximum atomic E-state index is 12.9.